The molecule has 21 heteroatoms. The molecule has 2 heterocycles. The summed E-state index contributed by atoms with van der Waals surface area (Å²) in [6, 6.07) is 1.00. The summed E-state index contributed by atoms with van der Waals surface area (Å²) in [6.07, 6.45) is -16.0. The van der Waals surface area contributed by atoms with E-state index in [4.69, 9.17) is 29.4 Å². The van der Waals surface area contributed by atoms with E-state index in [1.165, 1.54) is 27.1 Å². The van der Waals surface area contributed by atoms with Crippen molar-refractivity contribution in [2.45, 2.75) is 94.3 Å². The summed E-state index contributed by atoms with van der Waals surface area (Å²) in [4.78, 5) is 53.5. The number of methoxy groups -OCH3 is 1. The number of carbonyl (C=O) groups excluding carboxylic acids is 3. The Morgan fingerprint density at radius 2 is 1.54 bits per heavy atom. The molecule has 21 nitrogen and oxygen atoms in total. The summed E-state index contributed by atoms with van der Waals surface area (Å²) in [5.41, 5.74) is 2.20. The Hall–Kier alpha value is -5.46. The number of nitrogens with two attached hydrogens (primary N) is 1. The molecule has 0 bridgehead atoms. The number of carbonyl (C=O) groups is 4. The number of aliphatic hydroxyl groups is 5. The van der Waals surface area contributed by atoms with Crippen LogP contribution in [0, 0.1) is 6.92 Å². The maximum Gasteiger partial charge on any atom is 0.325 e. The number of aliphatic hydroxyl groups excluding tert-OH is 5. The number of fused-ring (bicyclic) bond motifs is 5. The predicted molar refractivity (Wildman–Crippen MR) is 205 cm³/mol. The number of hydrogen-bond acceptors (Lipinski definition) is 19. The molecule has 4 aliphatic rings. The standard InChI is InChI=1S/C40H45N3O18/c1-10-19(37(54)43-11(2)38(55)56)31(50)23-21-15(8-16-22(32(21)51)28(47)14-6-13(57-5)7-17(44)20(14)27(16)46)29(48)35(24(23)25(10)41)60-40-34(53)36(26(42-4)12(3)59-40)61-39-33(52)30(49)18(45)9-58-39/h6-8,11-12,18,26,29-30,33-36,39-40,42,44-45,48-53H,9,41H2,1-5H3,(H,43,54)(H,55,56)/t11-,12-,18-,26+,29+,30+,33-,34-,35+,36+,39+,40+/m1/s1. The van der Waals surface area contributed by atoms with Gasteiger partial charge in [0, 0.05) is 39.6 Å². The van der Waals surface area contributed by atoms with Gasteiger partial charge in [0.1, 0.15) is 71.8 Å². The van der Waals surface area contributed by atoms with Crippen LogP contribution in [0.4, 0.5) is 5.69 Å². The number of aliphatic carboxylic acids is 1. The number of rotatable bonds is 9. The van der Waals surface area contributed by atoms with Crippen molar-refractivity contribution in [3.05, 3.63) is 62.7 Å². The van der Waals surface area contributed by atoms with Gasteiger partial charge in [-0.2, -0.15) is 0 Å². The summed E-state index contributed by atoms with van der Waals surface area (Å²) in [5.74, 6) is -6.94. The van der Waals surface area contributed by atoms with Gasteiger partial charge in [0.05, 0.1) is 42.6 Å². The third-order valence-electron chi connectivity index (χ3n) is 11.7. The third kappa shape index (κ3) is 6.92. The normalized spacial score (nSPS) is 29.8. The van der Waals surface area contributed by atoms with Crippen molar-refractivity contribution in [2.24, 2.45) is 0 Å². The highest BCUT2D eigenvalue weighted by Gasteiger charge is 2.51. The molecule has 61 heavy (non-hydrogen) atoms. The number of nitrogens with one attached hydrogen (secondary N) is 2. The molecule has 7 rings (SSSR count). The minimum absolute atomic E-state index is 0.000135. The molecule has 0 unspecified atom stereocenters. The fourth-order valence-electron chi connectivity index (χ4n) is 8.41. The van der Waals surface area contributed by atoms with Gasteiger partial charge in [-0.25, -0.2) is 0 Å². The van der Waals surface area contributed by atoms with Crippen LogP contribution in [0.3, 0.4) is 0 Å². The number of carboxylic acid groups (broad SMARTS) is 1. The van der Waals surface area contributed by atoms with Crippen molar-refractivity contribution >= 4 is 29.1 Å². The van der Waals surface area contributed by atoms with E-state index < -0.39 is 154 Å². The van der Waals surface area contributed by atoms with E-state index in [0.29, 0.717) is 0 Å². The number of aromatic hydroxyl groups is 3. The zero-order valence-electron chi connectivity index (χ0n) is 33.1. The van der Waals surface area contributed by atoms with Crippen LogP contribution >= 0.6 is 0 Å². The SMILES string of the molecule is CN[C@@H]1[C@H](O[C@@H]2OC[C@@H](O)[C@H](O)[C@H]2O)[C@@H](O)[C@H](O[C@H]2c3c(N)c(C)c(C(=O)N[C@H](C)C(=O)O)c(O)c3-c3c(cc4c(c3O)C(=O)c3cc(OC)cc(O)c3C4=O)[C@@H]2O)O[C@@H]1C. The van der Waals surface area contributed by atoms with Crippen molar-refractivity contribution in [1.82, 2.24) is 10.6 Å². The summed E-state index contributed by atoms with van der Waals surface area (Å²) in [6.45, 7) is 3.61. The quantitative estimate of drug-likeness (QED) is 0.0707. The molecule has 0 spiro atoms. The largest absolute Gasteiger partial charge is 0.507 e. The van der Waals surface area contributed by atoms with E-state index in [1.54, 1.807) is 6.92 Å². The molecule has 2 saturated heterocycles. The number of hydrogen-bond donors (Lipinski definition) is 12. The van der Waals surface area contributed by atoms with E-state index in [9.17, 15) is 65.1 Å². The van der Waals surface area contributed by atoms with Gasteiger partial charge in [-0.15, -0.1) is 0 Å². The molecule has 1 amide bonds. The second kappa shape index (κ2) is 16.1. The van der Waals surface area contributed by atoms with Gasteiger partial charge in [-0.05, 0) is 51.1 Å². The van der Waals surface area contributed by atoms with Crippen LogP contribution in [-0.2, 0) is 23.7 Å². The molecule has 3 aromatic rings. The second-order valence-electron chi connectivity index (χ2n) is 15.3. The molecule has 3 aromatic carbocycles. The molecule has 0 aromatic heterocycles. The summed E-state index contributed by atoms with van der Waals surface area (Å²) in [7, 11) is 2.78. The lowest BCUT2D eigenvalue weighted by Crippen LogP contribution is -2.65. The number of anilines is 1. The summed E-state index contributed by atoms with van der Waals surface area (Å²) < 4.78 is 28.9. The Bertz CT molecular complexity index is 2340. The minimum atomic E-state index is -1.98. The summed E-state index contributed by atoms with van der Waals surface area (Å²) >= 11 is 0. The van der Waals surface area contributed by atoms with Gasteiger partial charge in [-0.1, -0.05) is 0 Å². The van der Waals surface area contributed by atoms with Gasteiger partial charge >= 0.3 is 5.97 Å². The lowest BCUT2D eigenvalue weighted by atomic mass is 9.73. The Morgan fingerprint density at radius 3 is 2.18 bits per heavy atom. The number of phenolic OH excluding ortho intramolecular Hbond substituents is 3. The van der Waals surface area contributed by atoms with Crippen molar-refractivity contribution < 1.29 is 88.8 Å². The van der Waals surface area contributed by atoms with Gasteiger partial charge in [0.15, 0.2) is 24.1 Å². The molecule has 328 valence electrons. The Morgan fingerprint density at radius 1 is 0.885 bits per heavy atom. The van der Waals surface area contributed by atoms with Crippen LogP contribution in [-0.4, -0.2) is 151 Å². The van der Waals surface area contributed by atoms with Crippen LogP contribution in [0.2, 0.25) is 0 Å². The Kier molecular flexibility index (Phi) is 11.5. The molecule has 2 aliphatic carbocycles. The number of ketones is 2. The van der Waals surface area contributed by atoms with Gasteiger partial charge < -0.3 is 86.0 Å². The fraction of sp³-hybridized carbons (Fsp3) is 0.450. The highest BCUT2D eigenvalue weighted by molar-refractivity contribution is 6.31. The second-order valence-corrected chi connectivity index (χ2v) is 15.3. The number of phenols is 3. The van der Waals surface area contributed by atoms with Crippen LogP contribution in [0.25, 0.3) is 11.1 Å². The number of likely N-dealkylation sites (N-methyl/N-ethyl adjacent to an activating group) is 1. The number of ether oxygens (including phenoxy) is 5. The maximum atomic E-state index is 14.1. The summed E-state index contributed by atoms with van der Waals surface area (Å²) in [5, 5.41) is 105. The van der Waals surface area contributed by atoms with E-state index >= 15 is 0 Å². The smallest absolute Gasteiger partial charge is 0.325 e. The zero-order valence-corrected chi connectivity index (χ0v) is 33.1. The number of nitrogen functional groups attached to an aromatic ring is 1. The van der Waals surface area contributed by atoms with Crippen molar-refractivity contribution in [3.8, 4) is 34.1 Å². The Balaban J connectivity index is 1.39. The average Bonchev–Trinajstić information content (AvgIpc) is 3.21. The average molecular weight is 856 g/mol. The molecule has 13 N–H and O–H groups in total. The third-order valence-corrected chi connectivity index (χ3v) is 11.7. The van der Waals surface area contributed by atoms with E-state index in [-0.39, 0.29) is 33.7 Å². The molecule has 2 fully saturated rings. The van der Waals surface area contributed by atoms with Gasteiger partial charge in [0.2, 0.25) is 0 Å². The lowest BCUT2D eigenvalue weighted by Gasteiger charge is -2.47. The van der Waals surface area contributed by atoms with Crippen LogP contribution in [0.5, 0.6) is 23.0 Å². The highest BCUT2D eigenvalue weighted by Crippen LogP contribution is 2.58. The number of amides is 1. The topological polar surface area (TPSA) is 347 Å². The maximum absolute atomic E-state index is 14.1. The van der Waals surface area contributed by atoms with Gasteiger partial charge in [0.25, 0.3) is 5.91 Å². The molecule has 0 radical (unpaired) electrons. The first-order valence-electron chi connectivity index (χ1n) is 19.0. The van der Waals surface area contributed by atoms with Crippen molar-refractivity contribution in [3.63, 3.8) is 0 Å². The highest BCUT2D eigenvalue weighted by atomic mass is 16.7. The molecule has 2 aliphatic heterocycles. The monoisotopic (exact) mass is 855 g/mol. The fourth-order valence-corrected chi connectivity index (χ4v) is 8.41. The molecule has 0 saturated carbocycles. The van der Waals surface area contributed by atoms with Crippen LogP contribution < -0.4 is 21.1 Å². The van der Waals surface area contributed by atoms with E-state index in [1.807, 2.05) is 0 Å². The van der Waals surface area contributed by atoms with Crippen molar-refractivity contribution in [1.29, 1.82) is 0 Å². The minimum Gasteiger partial charge on any atom is -0.507 e. The van der Waals surface area contributed by atoms with E-state index in [0.717, 1.165) is 19.1 Å². The lowest BCUT2D eigenvalue weighted by molar-refractivity contribution is -0.339. The zero-order chi connectivity index (χ0) is 44.7. The number of carboxylic acids is 1. The van der Waals surface area contributed by atoms with E-state index in [2.05, 4.69) is 10.6 Å². The molecular formula is C40H45N3O18. The first-order valence-corrected chi connectivity index (χ1v) is 19.0. The van der Waals surface area contributed by atoms with Crippen molar-refractivity contribution in [2.75, 3.05) is 26.5 Å². The van der Waals surface area contributed by atoms with Crippen LogP contribution in [0.15, 0.2) is 18.2 Å². The molecular weight excluding hydrogens is 810 g/mol. The number of benzene rings is 3. The first-order chi connectivity index (χ1) is 28.7. The Labute approximate surface area is 345 Å². The van der Waals surface area contributed by atoms with Gasteiger partial charge in [-0.3, -0.25) is 19.2 Å². The first kappa shape index (κ1) is 43.6. The molecule has 12 atom stereocenters. The predicted octanol–water partition coefficient (Wildman–Crippen LogP) is -1.03. The van der Waals surface area contributed by atoms with Crippen LogP contribution in [0.1, 0.15) is 84.9 Å².